The van der Waals surface area contributed by atoms with Gasteiger partial charge in [-0.3, -0.25) is 0 Å². The molecule has 1 aliphatic rings. The van der Waals surface area contributed by atoms with Crippen LogP contribution in [0.2, 0.25) is 0 Å². The number of benzene rings is 2. The maximum Gasteiger partial charge on any atom is 0.419 e. The zero-order chi connectivity index (χ0) is 19.7. The first kappa shape index (κ1) is 18.6. The maximum absolute atomic E-state index is 13.3. The molecular formula is C20H17F4N3O. The van der Waals surface area contributed by atoms with Crippen LogP contribution in [-0.2, 0) is 12.7 Å². The zero-order valence-electron chi connectivity index (χ0n) is 14.7. The van der Waals surface area contributed by atoms with E-state index in [9.17, 15) is 17.6 Å². The van der Waals surface area contributed by atoms with E-state index in [4.69, 9.17) is 4.74 Å². The standard InChI is InChI=1S/C20H17F4N3O/c21-18-5-4-15(8-17(18)20(22,23)24)28-16-6-14(7-16)26-10-13-3-1-2-12-9-25-11-27-19(12)13/h1-5,8-9,11,14,16,26H,6-7,10H2/t14-,16-. The van der Waals surface area contributed by atoms with Crippen molar-refractivity contribution in [2.45, 2.75) is 37.7 Å². The number of fused-ring (bicyclic) bond motifs is 1. The molecule has 0 bridgehead atoms. The highest BCUT2D eigenvalue weighted by Gasteiger charge is 2.35. The normalized spacial score (nSPS) is 19.4. The Balaban J connectivity index is 1.32. The summed E-state index contributed by atoms with van der Waals surface area (Å²) in [4.78, 5) is 8.32. The van der Waals surface area contributed by atoms with Gasteiger partial charge >= 0.3 is 6.18 Å². The van der Waals surface area contributed by atoms with Crippen molar-refractivity contribution in [3.63, 3.8) is 0 Å². The minimum absolute atomic E-state index is 0.0305. The van der Waals surface area contributed by atoms with E-state index in [-0.39, 0.29) is 17.9 Å². The molecule has 1 N–H and O–H groups in total. The molecule has 4 rings (SSSR count). The molecule has 0 atom stereocenters. The Morgan fingerprint density at radius 1 is 1.14 bits per heavy atom. The predicted molar refractivity (Wildman–Crippen MR) is 95.2 cm³/mol. The number of nitrogens with one attached hydrogen (secondary N) is 1. The van der Waals surface area contributed by atoms with Crippen LogP contribution in [0.3, 0.4) is 0 Å². The molecule has 0 spiro atoms. The molecule has 0 saturated heterocycles. The molecule has 1 heterocycles. The summed E-state index contributed by atoms with van der Waals surface area (Å²) in [5, 5.41) is 4.37. The van der Waals surface area contributed by atoms with Crippen molar-refractivity contribution in [3.8, 4) is 5.75 Å². The van der Waals surface area contributed by atoms with Gasteiger partial charge in [0.15, 0.2) is 0 Å². The molecule has 1 aliphatic carbocycles. The number of para-hydroxylation sites is 1. The molecule has 0 unspecified atom stereocenters. The molecule has 8 heteroatoms. The maximum atomic E-state index is 13.3. The molecule has 1 saturated carbocycles. The molecule has 28 heavy (non-hydrogen) atoms. The van der Waals surface area contributed by atoms with Crippen LogP contribution in [0.25, 0.3) is 10.9 Å². The van der Waals surface area contributed by atoms with Crippen LogP contribution in [0.5, 0.6) is 5.75 Å². The number of nitrogens with zero attached hydrogens (tertiary/aromatic N) is 2. The number of rotatable bonds is 5. The Kier molecular flexibility index (Phi) is 4.89. The van der Waals surface area contributed by atoms with E-state index in [1.54, 1.807) is 6.20 Å². The average molecular weight is 391 g/mol. The quantitative estimate of drug-likeness (QED) is 0.651. The number of alkyl halides is 3. The van der Waals surface area contributed by atoms with Gasteiger partial charge in [0.1, 0.15) is 24.0 Å². The van der Waals surface area contributed by atoms with Crippen LogP contribution in [0.15, 0.2) is 48.9 Å². The van der Waals surface area contributed by atoms with Crippen LogP contribution in [0.1, 0.15) is 24.0 Å². The first-order valence-electron chi connectivity index (χ1n) is 8.84. The number of aromatic nitrogens is 2. The summed E-state index contributed by atoms with van der Waals surface area (Å²) < 4.78 is 57.3. The highest BCUT2D eigenvalue weighted by Crippen LogP contribution is 2.35. The Morgan fingerprint density at radius 3 is 2.75 bits per heavy atom. The van der Waals surface area contributed by atoms with E-state index in [1.165, 1.54) is 12.4 Å². The van der Waals surface area contributed by atoms with Gasteiger partial charge in [-0.1, -0.05) is 18.2 Å². The second-order valence-corrected chi connectivity index (χ2v) is 6.81. The SMILES string of the molecule is Fc1ccc(O[C@H]2C[C@H](NCc3cccc4cncnc34)C2)cc1C(F)(F)F. The predicted octanol–water partition coefficient (Wildman–Crippen LogP) is 4.49. The van der Waals surface area contributed by atoms with Crippen LogP contribution in [-0.4, -0.2) is 22.1 Å². The number of halogens is 4. The monoisotopic (exact) mass is 391 g/mol. The smallest absolute Gasteiger partial charge is 0.419 e. The van der Waals surface area contributed by atoms with Crippen LogP contribution >= 0.6 is 0 Å². The van der Waals surface area contributed by atoms with Crippen molar-refractivity contribution >= 4 is 10.9 Å². The van der Waals surface area contributed by atoms with Crippen molar-refractivity contribution in [2.75, 3.05) is 0 Å². The van der Waals surface area contributed by atoms with Gasteiger partial charge in [-0.05, 0) is 36.6 Å². The molecular weight excluding hydrogens is 374 g/mol. The topological polar surface area (TPSA) is 47.0 Å². The summed E-state index contributed by atoms with van der Waals surface area (Å²) in [5.74, 6) is -1.27. The van der Waals surface area contributed by atoms with Gasteiger partial charge < -0.3 is 10.1 Å². The van der Waals surface area contributed by atoms with E-state index in [2.05, 4.69) is 15.3 Å². The molecule has 3 aromatic rings. The lowest BCUT2D eigenvalue weighted by Crippen LogP contribution is -2.46. The van der Waals surface area contributed by atoms with E-state index in [0.717, 1.165) is 22.5 Å². The fraction of sp³-hybridized carbons (Fsp3) is 0.300. The first-order valence-corrected chi connectivity index (χ1v) is 8.84. The Morgan fingerprint density at radius 2 is 1.96 bits per heavy atom. The third kappa shape index (κ3) is 3.91. The van der Waals surface area contributed by atoms with Crippen LogP contribution in [0, 0.1) is 5.82 Å². The van der Waals surface area contributed by atoms with Crippen LogP contribution in [0.4, 0.5) is 17.6 Å². The fourth-order valence-electron chi connectivity index (χ4n) is 3.29. The minimum atomic E-state index is -4.74. The third-order valence-corrected chi connectivity index (χ3v) is 4.84. The third-order valence-electron chi connectivity index (χ3n) is 4.84. The Bertz CT molecular complexity index is 981. The molecule has 0 amide bonds. The van der Waals surface area contributed by atoms with E-state index in [1.807, 2.05) is 18.2 Å². The number of hydrogen-bond donors (Lipinski definition) is 1. The second kappa shape index (κ2) is 7.35. The largest absolute Gasteiger partial charge is 0.490 e. The summed E-state index contributed by atoms with van der Waals surface area (Å²) in [6.07, 6.45) is -0.334. The van der Waals surface area contributed by atoms with E-state index in [0.29, 0.717) is 25.5 Å². The van der Waals surface area contributed by atoms with Gasteiger partial charge in [-0.25, -0.2) is 14.4 Å². The Hall–Kier alpha value is -2.74. The van der Waals surface area contributed by atoms with Crippen LogP contribution < -0.4 is 10.1 Å². The summed E-state index contributed by atoms with van der Waals surface area (Å²) >= 11 is 0. The van der Waals surface area contributed by atoms with E-state index >= 15 is 0 Å². The first-order chi connectivity index (χ1) is 13.4. The molecule has 4 nitrogen and oxygen atoms in total. The summed E-state index contributed by atoms with van der Waals surface area (Å²) in [7, 11) is 0. The number of ether oxygens (including phenoxy) is 1. The highest BCUT2D eigenvalue weighted by molar-refractivity contribution is 5.80. The van der Waals surface area contributed by atoms with Crippen molar-refractivity contribution < 1.29 is 22.3 Å². The lowest BCUT2D eigenvalue weighted by atomic mass is 9.89. The van der Waals surface area contributed by atoms with Gasteiger partial charge in [0.2, 0.25) is 0 Å². The zero-order valence-corrected chi connectivity index (χ0v) is 14.7. The number of hydrogen-bond acceptors (Lipinski definition) is 4. The molecule has 2 aromatic carbocycles. The van der Waals surface area contributed by atoms with Gasteiger partial charge in [0, 0.05) is 24.2 Å². The summed E-state index contributed by atoms with van der Waals surface area (Å²) in [5.41, 5.74) is 0.637. The van der Waals surface area contributed by atoms with Gasteiger partial charge in [-0.2, -0.15) is 13.2 Å². The van der Waals surface area contributed by atoms with Gasteiger partial charge in [0.05, 0.1) is 11.1 Å². The summed E-state index contributed by atoms with van der Waals surface area (Å²) in [6.45, 7) is 0.626. The van der Waals surface area contributed by atoms with Crippen molar-refractivity contribution in [2.24, 2.45) is 0 Å². The molecule has 1 fully saturated rings. The van der Waals surface area contributed by atoms with Gasteiger partial charge in [-0.15, -0.1) is 0 Å². The minimum Gasteiger partial charge on any atom is -0.490 e. The van der Waals surface area contributed by atoms with E-state index < -0.39 is 17.6 Å². The molecule has 0 radical (unpaired) electrons. The van der Waals surface area contributed by atoms with Crippen molar-refractivity contribution in [1.29, 1.82) is 0 Å². The second-order valence-electron chi connectivity index (χ2n) is 6.81. The van der Waals surface area contributed by atoms with Gasteiger partial charge in [0.25, 0.3) is 0 Å². The lowest BCUT2D eigenvalue weighted by Gasteiger charge is -2.36. The molecule has 0 aliphatic heterocycles. The molecule has 146 valence electrons. The Labute approximate surface area is 158 Å². The average Bonchev–Trinajstić information content (AvgIpc) is 2.64. The fourth-order valence-corrected chi connectivity index (χ4v) is 3.29. The molecule has 1 aromatic heterocycles. The van der Waals surface area contributed by atoms with Crippen molar-refractivity contribution in [1.82, 2.24) is 15.3 Å². The summed E-state index contributed by atoms with van der Waals surface area (Å²) in [6, 6.07) is 8.81. The highest BCUT2D eigenvalue weighted by atomic mass is 19.4. The lowest BCUT2D eigenvalue weighted by molar-refractivity contribution is -0.140. The van der Waals surface area contributed by atoms with Crippen molar-refractivity contribution in [3.05, 3.63) is 65.9 Å².